The molecule has 6 rings (SSSR count). The maximum atomic E-state index is 10.7. The number of rotatable bonds is 1. The fraction of sp³-hybridized carbons (Fsp3) is 0.909. The minimum absolute atomic E-state index is 0.0795. The monoisotopic (exact) mass is 301 g/mol. The number of ether oxygens (including phenoxy) is 3. The van der Waals surface area contributed by atoms with Crippen LogP contribution in [0.4, 0.5) is 0 Å². The third-order valence-electron chi connectivity index (χ3n) is 5.44. The molecule has 9 atom stereocenters. The predicted octanol–water partition coefficient (Wildman–Crippen LogP) is -4.47. The Morgan fingerprint density at radius 2 is 2.00 bits per heavy atom. The minimum atomic E-state index is -2.13. The van der Waals surface area contributed by atoms with Crippen LogP contribution in [0.2, 0.25) is 0 Å². The van der Waals surface area contributed by atoms with Crippen molar-refractivity contribution >= 4 is 5.96 Å². The molecule has 1 aliphatic carbocycles. The zero-order valence-corrected chi connectivity index (χ0v) is 10.7. The summed E-state index contributed by atoms with van der Waals surface area (Å²) in [5, 5.41) is 44.4. The molecule has 6 aliphatic rings. The lowest BCUT2D eigenvalue weighted by Gasteiger charge is -2.68. The largest absolute Gasteiger partial charge is 0.393 e. The molecule has 5 heterocycles. The second kappa shape index (κ2) is 3.18. The van der Waals surface area contributed by atoms with E-state index in [1.807, 2.05) is 0 Å². The first-order valence-electron chi connectivity index (χ1n) is 6.73. The molecule has 7 N–H and O–H groups in total. The number of aliphatic imine (C=N–C) groups is 1. The van der Waals surface area contributed by atoms with Gasteiger partial charge in [-0.25, -0.2) is 4.99 Å². The highest BCUT2D eigenvalue weighted by Gasteiger charge is 2.86. The summed E-state index contributed by atoms with van der Waals surface area (Å²) >= 11 is 0. The van der Waals surface area contributed by atoms with Gasteiger partial charge in [0.15, 0.2) is 18.3 Å². The van der Waals surface area contributed by atoms with E-state index >= 15 is 0 Å². The van der Waals surface area contributed by atoms with Crippen LogP contribution in [-0.4, -0.2) is 80.7 Å². The number of aliphatic hydroxyl groups excluding tert-OH is 2. The Labute approximate surface area is 118 Å². The van der Waals surface area contributed by atoms with Crippen molar-refractivity contribution in [3.8, 4) is 0 Å². The van der Waals surface area contributed by atoms with E-state index in [0.29, 0.717) is 0 Å². The van der Waals surface area contributed by atoms with Gasteiger partial charge in [0.2, 0.25) is 0 Å². The van der Waals surface area contributed by atoms with Crippen molar-refractivity contribution in [1.82, 2.24) is 5.32 Å². The lowest BCUT2D eigenvalue weighted by atomic mass is 9.56. The number of nitrogens with two attached hydrogens (primary N) is 1. The molecule has 1 unspecified atom stereocenters. The summed E-state index contributed by atoms with van der Waals surface area (Å²) in [5.74, 6) is -2.66. The molecular formula is C11H15N3O7. The molecule has 0 amide bonds. The number of aliphatic hydroxyl groups is 4. The van der Waals surface area contributed by atoms with Gasteiger partial charge in [-0.05, 0) is 0 Å². The Morgan fingerprint density at radius 3 is 2.71 bits per heavy atom. The van der Waals surface area contributed by atoms with Gasteiger partial charge >= 0.3 is 5.97 Å². The molecule has 1 saturated carbocycles. The second-order valence-corrected chi connectivity index (χ2v) is 6.31. The number of nitrogens with one attached hydrogen (secondary N) is 1. The van der Waals surface area contributed by atoms with Crippen LogP contribution in [-0.2, 0) is 14.2 Å². The number of nitrogens with zero attached hydrogens (tertiary/aromatic N) is 1. The first-order chi connectivity index (χ1) is 9.87. The Kier molecular flexibility index (Phi) is 1.89. The van der Waals surface area contributed by atoms with E-state index in [0.717, 1.165) is 0 Å². The average Bonchev–Trinajstić information content (AvgIpc) is 2.59. The average molecular weight is 301 g/mol. The van der Waals surface area contributed by atoms with Crippen LogP contribution in [0.15, 0.2) is 4.99 Å². The van der Waals surface area contributed by atoms with E-state index in [-0.39, 0.29) is 5.96 Å². The van der Waals surface area contributed by atoms with Crippen molar-refractivity contribution in [2.45, 2.75) is 47.8 Å². The van der Waals surface area contributed by atoms with Crippen molar-refractivity contribution in [2.75, 3.05) is 6.61 Å². The molecule has 0 radical (unpaired) electrons. The van der Waals surface area contributed by atoms with Crippen LogP contribution < -0.4 is 11.1 Å². The summed E-state index contributed by atoms with van der Waals surface area (Å²) in [5.41, 5.74) is 2.70. The van der Waals surface area contributed by atoms with Crippen LogP contribution in [0.3, 0.4) is 0 Å². The number of hydrogen-bond donors (Lipinski definition) is 6. The fourth-order valence-corrected chi connectivity index (χ4v) is 4.65. The summed E-state index contributed by atoms with van der Waals surface area (Å²) in [4.78, 5) is 4.09. The molecule has 1 spiro atoms. The van der Waals surface area contributed by atoms with Gasteiger partial charge in [0, 0.05) is 0 Å². The van der Waals surface area contributed by atoms with Crippen LogP contribution in [0.5, 0.6) is 0 Å². The van der Waals surface area contributed by atoms with Crippen LogP contribution in [0, 0.1) is 5.92 Å². The first kappa shape index (κ1) is 12.5. The van der Waals surface area contributed by atoms with Crippen LogP contribution in [0.25, 0.3) is 0 Å². The molecule has 7 bridgehead atoms. The van der Waals surface area contributed by atoms with E-state index in [1.165, 1.54) is 0 Å². The van der Waals surface area contributed by atoms with Crippen molar-refractivity contribution in [1.29, 1.82) is 0 Å². The molecule has 4 saturated heterocycles. The van der Waals surface area contributed by atoms with E-state index in [1.54, 1.807) is 0 Å². The molecule has 5 aliphatic heterocycles. The zero-order valence-electron chi connectivity index (χ0n) is 10.7. The standard InChI is InChI=1S/C11H15N3O7/c12-8-13-6-2-4-9(17,1-15)5-3(16)10(2,14-8)7(19-6)11(18,20-4)21-5/h2-7,15-18H,1H2,(H3,12,13,14)/t2-,3?,4-,5+,6+,7+,9-,10-,11+/m1/s1. The van der Waals surface area contributed by atoms with E-state index in [2.05, 4.69) is 10.3 Å². The molecule has 0 aromatic carbocycles. The summed E-state index contributed by atoms with van der Waals surface area (Å²) in [6.07, 6.45) is -5.35. The quantitative estimate of drug-likeness (QED) is 0.281. The minimum Gasteiger partial charge on any atom is -0.393 e. The van der Waals surface area contributed by atoms with Crippen molar-refractivity contribution in [2.24, 2.45) is 16.6 Å². The van der Waals surface area contributed by atoms with Crippen LogP contribution >= 0.6 is 0 Å². The van der Waals surface area contributed by atoms with E-state index in [9.17, 15) is 20.4 Å². The van der Waals surface area contributed by atoms with Crippen molar-refractivity contribution in [3.05, 3.63) is 0 Å². The van der Waals surface area contributed by atoms with Gasteiger partial charge in [0.25, 0.3) is 0 Å². The van der Waals surface area contributed by atoms with Gasteiger partial charge in [-0.15, -0.1) is 0 Å². The lowest BCUT2D eigenvalue weighted by molar-refractivity contribution is -0.529. The summed E-state index contributed by atoms with van der Waals surface area (Å²) in [7, 11) is 0. The van der Waals surface area contributed by atoms with Crippen molar-refractivity contribution in [3.63, 3.8) is 0 Å². The third kappa shape index (κ3) is 1.03. The summed E-state index contributed by atoms with van der Waals surface area (Å²) in [6, 6.07) is 0. The van der Waals surface area contributed by atoms with E-state index in [4.69, 9.17) is 19.9 Å². The lowest BCUT2D eigenvalue weighted by Crippen LogP contribution is -2.92. The Hall–Kier alpha value is -1.01. The third-order valence-corrected chi connectivity index (χ3v) is 5.44. The molecule has 0 aromatic heterocycles. The van der Waals surface area contributed by atoms with E-state index < -0.39 is 60.3 Å². The van der Waals surface area contributed by atoms with Crippen molar-refractivity contribution < 1.29 is 34.6 Å². The molecular weight excluding hydrogens is 286 g/mol. The predicted molar refractivity (Wildman–Crippen MR) is 62.4 cm³/mol. The molecule has 10 heteroatoms. The highest BCUT2D eigenvalue weighted by atomic mass is 16.9. The number of guanidine groups is 1. The van der Waals surface area contributed by atoms with Gasteiger partial charge < -0.3 is 45.7 Å². The molecule has 0 aromatic rings. The number of hydrogen-bond acceptors (Lipinski definition) is 10. The highest BCUT2D eigenvalue weighted by Crippen LogP contribution is 2.63. The maximum Gasteiger partial charge on any atom is 0.311 e. The Balaban J connectivity index is 1.77. The van der Waals surface area contributed by atoms with Gasteiger partial charge in [-0.1, -0.05) is 0 Å². The highest BCUT2D eigenvalue weighted by molar-refractivity contribution is 5.80. The summed E-state index contributed by atoms with van der Waals surface area (Å²) in [6.45, 7) is -0.696. The second-order valence-electron chi connectivity index (χ2n) is 6.31. The Morgan fingerprint density at radius 1 is 1.29 bits per heavy atom. The smallest absolute Gasteiger partial charge is 0.311 e. The normalized spacial score (nSPS) is 66.2. The first-order valence-corrected chi connectivity index (χ1v) is 6.73. The SMILES string of the molecule is NC1=N[C@H]2O[C@@H]3[C@]4(O)O[C@@H]5[C@H]2[C@@]3(N1)C(O)[C@H](O4)[C@@]5(O)CO. The fourth-order valence-electron chi connectivity index (χ4n) is 4.65. The molecule has 116 valence electrons. The van der Waals surface area contributed by atoms with Gasteiger partial charge in [0.1, 0.15) is 29.5 Å². The topological polar surface area (TPSA) is 159 Å². The van der Waals surface area contributed by atoms with Gasteiger partial charge in [-0.3, -0.25) is 0 Å². The van der Waals surface area contributed by atoms with Crippen LogP contribution in [0.1, 0.15) is 0 Å². The van der Waals surface area contributed by atoms with Gasteiger partial charge in [-0.2, -0.15) is 0 Å². The summed E-state index contributed by atoms with van der Waals surface area (Å²) < 4.78 is 16.4. The molecule has 5 fully saturated rings. The zero-order chi connectivity index (χ0) is 14.8. The Bertz CT molecular complexity index is 574. The molecule has 10 nitrogen and oxygen atoms in total. The maximum absolute atomic E-state index is 10.7. The van der Waals surface area contributed by atoms with Gasteiger partial charge in [0.05, 0.1) is 12.5 Å². The molecule has 21 heavy (non-hydrogen) atoms.